The first-order valence-electron chi connectivity index (χ1n) is 9.86. The fraction of sp³-hybridized carbons (Fsp3) is 0.619. The molecule has 0 radical (unpaired) electrons. The third-order valence-corrected chi connectivity index (χ3v) is 3.81. The van der Waals surface area contributed by atoms with Crippen molar-refractivity contribution >= 4 is 23.9 Å². The van der Waals surface area contributed by atoms with Gasteiger partial charge >= 0.3 is 23.9 Å². The van der Waals surface area contributed by atoms with E-state index in [1.807, 2.05) is 0 Å². The first kappa shape index (κ1) is 28.3. The lowest BCUT2D eigenvalue weighted by Crippen LogP contribution is -2.25. The lowest BCUT2D eigenvalue weighted by molar-refractivity contribution is -0.154. The van der Waals surface area contributed by atoms with Gasteiger partial charge in [-0.1, -0.05) is 13.2 Å². The van der Waals surface area contributed by atoms with E-state index in [0.717, 1.165) is 0 Å². The fourth-order valence-electron chi connectivity index (χ4n) is 2.05. The summed E-state index contributed by atoms with van der Waals surface area (Å²) in [6.45, 7) is 8.91. The van der Waals surface area contributed by atoms with Gasteiger partial charge in [0.2, 0.25) is 0 Å². The zero-order valence-electron chi connectivity index (χ0n) is 18.1. The van der Waals surface area contributed by atoms with Crippen LogP contribution in [0, 0.1) is 0 Å². The van der Waals surface area contributed by atoms with Gasteiger partial charge in [0.25, 0.3) is 0 Å². The molecule has 0 spiro atoms. The van der Waals surface area contributed by atoms with Gasteiger partial charge < -0.3 is 29.2 Å². The minimum Gasteiger partial charge on any atom is -0.462 e. The van der Waals surface area contributed by atoms with Crippen LogP contribution in [0.3, 0.4) is 0 Å². The highest BCUT2D eigenvalue weighted by atomic mass is 16.6. The van der Waals surface area contributed by atoms with E-state index in [1.54, 1.807) is 0 Å². The van der Waals surface area contributed by atoms with Crippen LogP contribution < -0.4 is 0 Å². The van der Waals surface area contributed by atoms with Crippen LogP contribution in [0.5, 0.6) is 0 Å². The van der Waals surface area contributed by atoms with Gasteiger partial charge in [0.05, 0.1) is 26.4 Å². The largest absolute Gasteiger partial charge is 0.462 e. The van der Waals surface area contributed by atoms with E-state index in [2.05, 4.69) is 13.2 Å². The quantitative estimate of drug-likeness (QED) is 0.201. The van der Waals surface area contributed by atoms with Crippen LogP contribution in [0.25, 0.3) is 0 Å². The monoisotopic (exact) mass is 444 g/mol. The van der Waals surface area contributed by atoms with Crippen LogP contribution in [-0.2, 0) is 38.1 Å². The molecule has 10 nitrogen and oxygen atoms in total. The summed E-state index contributed by atoms with van der Waals surface area (Å²) in [5.74, 6) is -2.39. The standard InChI is InChI=1S/C21H32O10/c1-14(2)20(26)28-10-8-16(12-22)30-18(24)6-5-7-19(25)31-17(13-23)9-11-29-21(27)15(3)4/h16-17,22-23H,1,3,5-13H2,2,4H3. The van der Waals surface area contributed by atoms with E-state index in [-0.39, 0.29) is 56.5 Å². The van der Waals surface area contributed by atoms with E-state index in [9.17, 15) is 29.4 Å². The second-order valence-electron chi connectivity index (χ2n) is 6.85. The summed E-state index contributed by atoms with van der Waals surface area (Å²) in [6, 6.07) is 0. The second kappa shape index (κ2) is 16.0. The number of hydrogen-bond acceptors (Lipinski definition) is 10. The molecule has 0 saturated carbocycles. The van der Waals surface area contributed by atoms with Crippen LogP contribution in [0.1, 0.15) is 46.0 Å². The Morgan fingerprint density at radius 2 is 1.10 bits per heavy atom. The first-order chi connectivity index (χ1) is 14.6. The highest BCUT2D eigenvalue weighted by Crippen LogP contribution is 2.08. The van der Waals surface area contributed by atoms with Gasteiger partial charge in [-0.3, -0.25) is 9.59 Å². The Labute approximate surface area is 181 Å². The number of rotatable bonds is 16. The second-order valence-corrected chi connectivity index (χ2v) is 6.85. The number of esters is 4. The van der Waals surface area contributed by atoms with Crippen molar-refractivity contribution in [1.82, 2.24) is 0 Å². The van der Waals surface area contributed by atoms with Crippen LogP contribution >= 0.6 is 0 Å². The molecule has 0 fully saturated rings. The molecule has 31 heavy (non-hydrogen) atoms. The maximum absolute atomic E-state index is 11.8. The molecular weight excluding hydrogens is 412 g/mol. The predicted octanol–water partition coefficient (Wildman–Crippen LogP) is 0.984. The summed E-state index contributed by atoms with van der Waals surface area (Å²) in [7, 11) is 0. The fourth-order valence-corrected chi connectivity index (χ4v) is 2.05. The average Bonchev–Trinajstić information content (AvgIpc) is 2.71. The van der Waals surface area contributed by atoms with E-state index in [0.29, 0.717) is 0 Å². The molecule has 0 aromatic rings. The molecule has 0 aliphatic heterocycles. The van der Waals surface area contributed by atoms with E-state index in [4.69, 9.17) is 18.9 Å². The Balaban J connectivity index is 4.12. The summed E-state index contributed by atoms with van der Waals surface area (Å²) in [4.78, 5) is 46.2. The number of ether oxygens (including phenoxy) is 4. The van der Waals surface area contributed by atoms with Crippen LogP contribution in [0.15, 0.2) is 24.3 Å². The maximum Gasteiger partial charge on any atom is 0.333 e. The van der Waals surface area contributed by atoms with Gasteiger partial charge in [0, 0.05) is 36.8 Å². The predicted molar refractivity (Wildman–Crippen MR) is 109 cm³/mol. The summed E-state index contributed by atoms with van der Waals surface area (Å²) in [5, 5.41) is 18.5. The summed E-state index contributed by atoms with van der Waals surface area (Å²) < 4.78 is 19.9. The first-order valence-corrected chi connectivity index (χ1v) is 9.86. The van der Waals surface area contributed by atoms with Crippen LogP contribution in [-0.4, -0.2) is 72.7 Å². The van der Waals surface area contributed by atoms with Crippen molar-refractivity contribution in [3.8, 4) is 0 Å². The van der Waals surface area contributed by atoms with Crippen molar-refractivity contribution in [2.45, 2.75) is 58.2 Å². The zero-order chi connectivity index (χ0) is 23.8. The average molecular weight is 444 g/mol. The lowest BCUT2D eigenvalue weighted by Gasteiger charge is -2.16. The molecule has 0 amide bonds. The molecule has 0 aromatic carbocycles. The zero-order valence-corrected chi connectivity index (χ0v) is 18.1. The SMILES string of the molecule is C=C(C)C(=O)OCCC(CO)OC(=O)CCCC(=O)OC(CO)CCOC(=O)C(=C)C. The highest BCUT2D eigenvalue weighted by Gasteiger charge is 2.17. The van der Waals surface area contributed by atoms with Crippen molar-refractivity contribution < 1.29 is 48.3 Å². The topological polar surface area (TPSA) is 146 Å². The molecule has 2 atom stereocenters. The van der Waals surface area contributed by atoms with Gasteiger partial charge in [0.15, 0.2) is 0 Å². The van der Waals surface area contributed by atoms with Crippen LogP contribution in [0.4, 0.5) is 0 Å². The van der Waals surface area contributed by atoms with Crippen molar-refractivity contribution in [2.75, 3.05) is 26.4 Å². The molecule has 0 rings (SSSR count). The molecule has 0 aromatic heterocycles. The third-order valence-electron chi connectivity index (χ3n) is 3.81. The number of aliphatic hydroxyl groups is 2. The van der Waals surface area contributed by atoms with Gasteiger partial charge in [-0.15, -0.1) is 0 Å². The molecular formula is C21H32O10. The number of carbonyl (C=O) groups excluding carboxylic acids is 4. The van der Waals surface area contributed by atoms with E-state index < -0.39 is 49.3 Å². The maximum atomic E-state index is 11.8. The number of carbonyl (C=O) groups is 4. The molecule has 10 heteroatoms. The number of hydrogen-bond donors (Lipinski definition) is 2. The minimum atomic E-state index is -0.835. The van der Waals surface area contributed by atoms with Gasteiger partial charge in [-0.2, -0.15) is 0 Å². The molecule has 0 heterocycles. The minimum absolute atomic E-state index is 0.0409. The Morgan fingerprint density at radius 3 is 1.39 bits per heavy atom. The smallest absolute Gasteiger partial charge is 0.333 e. The molecule has 2 N–H and O–H groups in total. The Kier molecular flexibility index (Phi) is 14.6. The van der Waals surface area contributed by atoms with Gasteiger partial charge in [-0.25, -0.2) is 9.59 Å². The Bertz CT molecular complexity index is 586. The van der Waals surface area contributed by atoms with Crippen molar-refractivity contribution in [3.63, 3.8) is 0 Å². The molecule has 176 valence electrons. The lowest BCUT2D eigenvalue weighted by atomic mass is 10.2. The van der Waals surface area contributed by atoms with Gasteiger partial charge in [-0.05, 0) is 20.3 Å². The highest BCUT2D eigenvalue weighted by molar-refractivity contribution is 5.87. The summed E-state index contributed by atoms with van der Waals surface area (Å²) in [6.07, 6.45) is -1.46. The molecule has 0 aliphatic rings. The van der Waals surface area contributed by atoms with E-state index >= 15 is 0 Å². The molecule has 0 aliphatic carbocycles. The van der Waals surface area contributed by atoms with Gasteiger partial charge in [0.1, 0.15) is 12.2 Å². The Morgan fingerprint density at radius 1 is 0.742 bits per heavy atom. The van der Waals surface area contributed by atoms with Crippen molar-refractivity contribution in [2.24, 2.45) is 0 Å². The van der Waals surface area contributed by atoms with Crippen molar-refractivity contribution in [3.05, 3.63) is 24.3 Å². The molecule has 0 bridgehead atoms. The molecule has 2 unspecified atom stereocenters. The summed E-state index contributed by atoms with van der Waals surface area (Å²) in [5.41, 5.74) is 0.474. The Hall–Kier alpha value is -2.72. The van der Waals surface area contributed by atoms with Crippen molar-refractivity contribution in [1.29, 1.82) is 0 Å². The summed E-state index contributed by atoms with van der Waals surface area (Å²) >= 11 is 0. The number of aliphatic hydroxyl groups excluding tert-OH is 2. The normalized spacial score (nSPS) is 12.3. The van der Waals surface area contributed by atoms with E-state index in [1.165, 1.54) is 13.8 Å². The van der Waals surface area contributed by atoms with Crippen LogP contribution in [0.2, 0.25) is 0 Å². The third kappa shape index (κ3) is 14.0. The molecule has 0 saturated heterocycles.